The maximum Gasteiger partial charge on any atom is 0.225 e. The molecule has 12 heavy (non-hydrogen) atoms. The minimum Gasteiger partial charge on any atom is -0.265 e. The van der Waals surface area contributed by atoms with Crippen molar-refractivity contribution in [1.29, 1.82) is 0 Å². The van der Waals surface area contributed by atoms with Crippen molar-refractivity contribution in [3.63, 3.8) is 0 Å². The molecule has 0 aliphatic heterocycles. The largest absolute Gasteiger partial charge is 0.265 e. The van der Waals surface area contributed by atoms with Gasteiger partial charge < -0.3 is 0 Å². The first-order chi connectivity index (χ1) is 5.55. The minimum absolute atomic E-state index is 0.757. The van der Waals surface area contributed by atoms with Gasteiger partial charge in [-0.2, -0.15) is 0 Å². The Morgan fingerprint density at radius 3 is 2.17 bits per heavy atom. The molecule has 1 aromatic heterocycles. The Morgan fingerprint density at radius 1 is 1.25 bits per heavy atom. The zero-order valence-corrected chi connectivity index (χ0v) is 8.09. The van der Waals surface area contributed by atoms with Crippen molar-refractivity contribution in [2.75, 3.05) is 0 Å². The fourth-order valence-electron chi connectivity index (χ4n) is 0.907. The van der Waals surface area contributed by atoms with E-state index in [0.717, 1.165) is 5.19 Å². The Bertz CT molecular complexity index is 248. The molecular formula is C8H11F2NSi. The number of rotatable bonds is 2. The molecule has 0 aliphatic rings. The number of alkyl halides is 2. The number of nitrogens with zero attached hydrogens (tertiary/aromatic N) is 1. The molecule has 0 saturated heterocycles. The van der Waals surface area contributed by atoms with Gasteiger partial charge in [-0.05, 0) is 12.1 Å². The lowest BCUT2D eigenvalue weighted by Gasteiger charge is -2.20. The van der Waals surface area contributed by atoms with E-state index in [1.807, 2.05) is 0 Å². The summed E-state index contributed by atoms with van der Waals surface area (Å²) in [5.41, 5.74) is 0. The van der Waals surface area contributed by atoms with Gasteiger partial charge in [-0.25, -0.2) is 8.78 Å². The topological polar surface area (TPSA) is 12.9 Å². The summed E-state index contributed by atoms with van der Waals surface area (Å²) in [6.07, 6.45) is 3.12. The van der Waals surface area contributed by atoms with Crippen LogP contribution < -0.4 is 5.19 Å². The zero-order valence-electron chi connectivity index (χ0n) is 7.09. The molecule has 0 amide bonds. The third-order valence-electron chi connectivity index (χ3n) is 1.97. The average molecular weight is 187 g/mol. The molecule has 1 heterocycles. The lowest BCUT2D eigenvalue weighted by molar-refractivity contribution is 0.230. The van der Waals surface area contributed by atoms with Crippen LogP contribution in [0, 0.1) is 0 Å². The summed E-state index contributed by atoms with van der Waals surface area (Å²) in [4.78, 5) is 3.80. The lowest BCUT2D eigenvalue weighted by atomic mass is 10.5. The van der Waals surface area contributed by atoms with Crippen LogP contribution in [0.15, 0.2) is 24.5 Å². The molecule has 0 aliphatic carbocycles. The van der Waals surface area contributed by atoms with E-state index in [0.29, 0.717) is 0 Å². The van der Waals surface area contributed by atoms with E-state index in [1.165, 1.54) is 0 Å². The first kappa shape index (κ1) is 9.32. The van der Waals surface area contributed by atoms with E-state index < -0.39 is 14.1 Å². The van der Waals surface area contributed by atoms with Crippen molar-refractivity contribution in [1.82, 2.24) is 4.98 Å². The predicted molar refractivity (Wildman–Crippen MR) is 47.4 cm³/mol. The molecule has 0 aromatic carbocycles. The van der Waals surface area contributed by atoms with Gasteiger partial charge in [0.25, 0.3) is 0 Å². The number of aromatic nitrogens is 1. The van der Waals surface area contributed by atoms with Crippen LogP contribution in [0.2, 0.25) is 13.1 Å². The van der Waals surface area contributed by atoms with Gasteiger partial charge in [0, 0.05) is 12.4 Å². The Kier molecular flexibility index (Phi) is 2.57. The van der Waals surface area contributed by atoms with Gasteiger partial charge in [0.05, 0.1) is 0 Å². The van der Waals surface area contributed by atoms with Crippen LogP contribution in [-0.4, -0.2) is 19.1 Å². The molecule has 1 aromatic rings. The predicted octanol–water partition coefficient (Wildman–Crippen LogP) is 1.80. The van der Waals surface area contributed by atoms with Crippen LogP contribution in [0.5, 0.6) is 0 Å². The van der Waals surface area contributed by atoms with Crippen molar-refractivity contribution in [2.24, 2.45) is 0 Å². The lowest BCUT2D eigenvalue weighted by Crippen LogP contribution is -2.48. The molecule has 4 heteroatoms. The molecule has 1 nitrogen and oxygen atoms in total. The highest BCUT2D eigenvalue weighted by atomic mass is 28.3. The smallest absolute Gasteiger partial charge is 0.225 e. The molecule has 66 valence electrons. The number of hydrogen-bond acceptors (Lipinski definition) is 1. The summed E-state index contributed by atoms with van der Waals surface area (Å²) >= 11 is 0. The summed E-state index contributed by atoms with van der Waals surface area (Å²) in [5.74, 6) is 0. The third-order valence-corrected chi connectivity index (χ3v) is 4.88. The zero-order chi connectivity index (χ0) is 9.19. The minimum atomic E-state index is -2.53. The van der Waals surface area contributed by atoms with E-state index >= 15 is 0 Å². The van der Waals surface area contributed by atoms with Crippen molar-refractivity contribution in [2.45, 2.75) is 19.1 Å². The molecule has 0 saturated carbocycles. The van der Waals surface area contributed by atoms with Gasteiger partial charge in [0.1, 0.15) is 0 Å². The van der Waals surface area contributed by atoms with Gasteiger partial charge in [-0.1, -0.05) is 18.3 Å². The molecule has 0 radical (unpaired) electrons. The van der Waals surface area contributed by atoms with Gasteiger partial charge in [0.2, 0.25) is 6.05 Å². The molecule has 0 spiro atoms. The quantitative estimate of drug-likeness (QED) is 0.643. The third kappa shape index (κ3) is 1.69. The fraction of sp³-hybridized carbons (Fsp3) is 0.375. The van der Waals surface area contributed by atoms with Gasteiger partial charge in [0.15, 0.2) is 8.07 Å². The van der Waals surface area contributed by atoms with E-state index in [9.17, 15) is 8.78 Å². The van der Waals surface area contributed by atoms with Crippen LogP contribution in [0.4, 0.5) is 8.78 Å². The van der Waals surface area contributed by atoms with Crippen LogP contribution in [0.3, 0.4) is 0 Å². The molecule has 0 atom stereocenters. The van der Waals surface area contributed by atoms with E-state index in [-0.39, 0.29) is 0 Å². The van der Waals surface area contributed by atoms with Gasteiger partial charge >= 0.3 is 0 Å². The second-order valence-corrected chi connectivity index (χ2v) is 7.72. The number of hydrogen-bond donors (Lipinski definition) is 0. The Morgan fingerprint density at radius 2 is 1.75 bits per heavy atom. The molecule has 0 bridgehead atoms. The Hall–Kier alpha value is -0.773. The summed E-state index contributed by atoms with van der Waals surface area (Å²) in [7, 11) is -2.53. The number of pyridine rings is 1. The van der Waals surface area contributed by atoms with E-state index in [2.05, 4.69) is 4.98 Å². The SMILES string of the molecule is C[Si](C)(c1ccncc1)C(F)F. The normalized spacial score (nSPS) is 12.1. The second kappa shape index (κ2) is 3.31. The summed E-state index contributed by atoms with van der Waals surface area (Å²) < 4.78 is 25.1. The van der Waals surface area contributed by atoms with Crippen molar-refractivity contribution in [3.05, 3.63) is 24.5 Å². The monoisotopic (exact) mass is 187 g/mol. The highest BCUT2D eigenvalue weighted by molar-refractivity contribution is 6.90. The van der Waals surface area contributed by atoms with Gasteiger partial charge in [-0.15, -0.1) is 0 Å². The van der Waals surface area contributed by atoms with Crippen LogP contribution >= 0.6 is 0 Å². The molecular weight excluding hydrogens is 176 g/mol. The van der Waals surface area contributed by atoms with Crippen LogP contribution in [-0.2, 0) is 0 Å². The van der Waals surface area contributed by atoms with Crippen molar-refractivity contribution in [3.8, 4) is 0 Å². The van der Waals surface area contributed by atoms with Crippen molar-refractivity contribution < 1.29 is 8.78 Å². The molecule has 0 unspecified atom stereocenters. The molecule has 0 N–H and O–H groups in total. The van der Waals surface area contributed by atoms with Crippen LogP contribution in [0.25, 0.3) is 0 Å². The van der Waals surface area contributed by atoms with Crippen LogP contribution in [0.1, 0.15) is 0 Å². The van der Waals surface area contributed by atoms with Crippen molar-refractivity contribution >= 4 is 13.3 Å². The Balaban J connectivity index is 2.98. The first-order valence-corrected chi connectivity index (χ1v) is 6.81. The van der Waals surface area contributed by atoms with Gasteiger partial charge in [-0.3, -0.25) is 4.98 Å². The molecule has 0 fully saturated rings. The maximum atomic E-state index is 12.5. The first-order valence-electron chi connectivity index (χ1n) is 3.74. The highest BCUT2D eigenvalue weighted by Crippen LogP contribution is 2.12. The number of halogens is 2. The second-order valence-electron chi connectivity index (χ2n) is 3.26. The standard InChI is InChI=1S/C8H11F2NSi/c1-12(2,8(9)10)7-3-5-11-6-4-7/h3-6,8H,1-2H3. The molecule has 1 rings (SSSR count). The Labute approximate surface area is 71.5 Å². The summed E-state index contributed by atoms with van der Waals surface area (Å²) in [6, 6.07) is 1.15. The summed E-state index contributed by atoms with van der Waals surface area (Å²) in [6.45, 7) is 3.32. The summed E-state index contributed by atoms with van der Waals surface area (Å²) in [5, 5.41) is 0.757. The van der Waals surface area contributed by atoms with E-state index in [4.69, 9.17) is 0 Å². The van der Waals surface area contributed by atoms with E-state index in [1.54, 1.807) is 37.6 Å². The highest BCUT2D eigenvalue weighted by Gasteiger charge is 2.34. The fourth-order valence-corrected chi connectivity index (χ4v) is 2.17. The average Bonchev–Trinajstić information content (AvgIpc) is 2.06. The maximum absolute atomic E-state index is 12.5.